The van der Waals surface area contributed by atoms with Crippen LogP contribution in [-0.2, 0) is 4.74 Å². The molecule has 0 aliphatic carbocycles. The second kappa shape index (κ2) is 9.92. The summed E-state index contributed by atoms with van der Waals surface area (Å²) in [5.74, 6) is 0.420. The fraction of sp³-hybridized carbons (Fsp3) is 0.444. The summed E-state index contributed by atoms with van der Waals surface area (Å²) in [5.41, 5.74) is 6.58. The Morgan fingerprint density at radius 3 is 2.81 bits per heavy atom. The van der Waals surface area contributed by atoms with Gasteiger partial charge >= 0.3 is 0 Å². The standard InChI is InChI=1S/C18H22ClN3O3.ClH/c19-14-4-1-3-13(11-14)17-12-16(21-25-17)18(23)22-8-5-15(6-9-22)24-10-2-7-20;/h1,3-4,11-12,15H,2,5-10,20H2;1H. The smallest absolute Gasteiger partial charge is 0.276 e. The summed E-state index contributed by atoms with van der Waals surface area (Å²) in [4.78, 5) is 14.4. The molecule has 2 aromatic rings. The van der Waals surface area contributed by atoms with Gasteiger partial charge in [0.05, 0.1) is 6.10 Å². The van der Waals surface area contributed by atoms with Gasteiger partial charge in [-0.05, 0) is 37.9 Å². The maximum atomic E-state index is 12.6. The van der Waals surface area contributed by atoms with Gasteiger partial charge in [-0.3, -0.25) is 4.79 Å². The number of nitrogens with zero attached hydrogens (tertiary/aromatic N) is 2. The Kier molecular flexibility index (Phi) is 7.90. The quantitative estimate of drug-likeness (QED) is 0.752. The van der Waals surface area contributed by atoms with Gasteiger partial charge in [-0.2, -0.15) is 0 Å². The highest BCUT2D eigenvalue weighted by Gasteiger charge is 2.26. The van der Waals surface area contributed by atoms with E-state index in [-0.39, 0.29) is 24.4 Å². The molecule has 1 fully saturated rings. The Bertz CT molecular complexity index is 715. The number of hydrogen-bond donors (Lipinski definition) is 1. The van der Waals surface area contributed by atoms with E-state index in [9.17, 15) is 4.79 Å². The lowest BCUT2D eigenvalue weighted by molar-refractivity contribution is 0.00820. The normalized spacial score (nSPS) is 14.9. The number of halogens is 2. The zero-order chi connectivity index (χ0) is 17.6. The summed E-state index contributed by atoms with van der Waals surface area (Å²) < 4.78 is 11.1. The number of carbonyl (C=O) groups excluding carboxylic acids is 1. The minimum atomic E-state index is -0.113. The summed E-state index contributed by atoms with van der Waals surface area (Å²) >= 11 is 5.99. The fourth-order valence-electron chi connectivity index (χ4n) is 2.87. The van der Waals surface area contributed by atoms with Gasteiger partial charge in [-0.15, -0.1) is 12.4 Å². The van der Waals surface area contributed by atoms with Crippen molar-refractivity contribution in [1.29, 1.82) is 0 Å². The third-order valence-corrected chi connectivity index (χ3v) is 4.50. The lowest BCUT2D eigenvalue weighted by Gasteiger charge is -2.31. The fourth-order valence-corrected chi connectivity index (χ4v) is 3.06. The first-order chi connectivity index (χ1) is 12.2. The number of carbonyl (C=O) groups is 1. The molecule has 1 aromatic heterocycles. The third kappa shape index (κ3) is 5.20. The van der Waals surface area contributed by atoms with Gasteiger partial charge in [0, 0.05) is 36.3 Å². The van der Waals surface area contributed by atoms with Crippen LogP contribution in [0.3, 0.4) is 0 Å². The molecule has 2 heterocycles. The Morgan fingerprint density at radius 2 is 2.12 bits per heavy atom. The van der Waals surface area contributed by atoms with Crippen LogP contribution in [-0.4, -0.2) is 48.3 Å². The van der Waals surface area contributed by atoms with Crippen LogP contribution >= 0.6 is 24.0 Å². The Hall–Kier alpha value is -1.60. The minimum absolute atomic E-state index is 0. The first-order valence-electron chi connectivity index (χ1n) is 8.51. The Balaban J connectivity index is 0.00000243. The zero-order valence-electron chi connectivity index (χ0n) is 14.4. The zero-order valence-corrected chi connectivity index (χ0v) is 16.0. The highest BCUT2D eigenvalue weighted by molar-refractivity contribution is 6.30. The van der Waals surface area contributed by atoms with Gasteiger partial charge < -0.3 is 19.9 Å². The average molecular weight is 400 g/mol. The van der Waals surface area contributed by atoms with Gasteiger partial charge in [0.1, 0.15) is 0 Å². The van der Waals surface area contributed by atoms with Crippen molar-refractivity contribution in [1.82, 2.24) is 10.1 Å². The average Bonchev–Trinajstić information content (AvgIpc) is 3.12. The summed E-state index contributed by atoms with van der Waals surface area (Å²) in [7, 11) is 0. The molecule has 1 aromatic carbocycles. The molecule has 2 N–H and O–H groups in total. The summed E-state index contributed by atoms with van der Waals surface area (Å²) in [6, 6.07) is 8.92. The molecule has 1 aliphatic heterocycles. The molecule has 1 amide bonds. The number of amides is 1. The van der Waals surface area contributed by atoms with Crippen molar-refractivity contribution in [2.24, 2.45) is 5.73 Å². The van der Waals surface area contributed by atoms with Crippen LogP contribution < -0.4 is 5.73 Å². The van der Waals surface area contributed by atoms with Crippen molar-refractivity contribution in [2.45, 2.75) is 25.4 Å². The van der Waals surface area contributed by atoms with E-state index in [4.69, 9.17) is 26.6 Å². The Morgan fingerprint density at radius 1 is 1.35 bits per heavy atom. The van der Waals surface area contributed by atoms with E-state index in [0.29, 0.717) is 42.7 Å². The second-order valence-electron chi connectivity index (χ2n) is 6.09. The van der Waals surface area contributed by atoms with Crippen molar-refractivity contribution in [2.75, 3.05) is 26.2 Å². The molecule has 1 aliphatic rings. The number of benzene rings is 1. The predicted molar refractivity (Wildman–Crippen MR) is 103 cm³/mol. The van der Waals surface area contributed by atoms with Crippen molar-refractivity contribution in [3.8, 4) is 11.3 Å². The lowest BCUT2D eigenvalue weighted by atomic mass is 10.1. The van der Waals surface area contributed by atoms with Crippen molar-refractivity contribution in [3.05, 3.63) is 41.0 Å². The van der Waals surface area contributed by atoms with E-state index in [1.807, 2.05) is 12.1 Å². The number of nitrogens with two attached hydrogens (primary N) is 1. The molecule has 0 spiro atoms. The summed E-state index contributed by atoms with van der Waals surface area (Å²) in [6.45, 7) is 2.64. The van der Waals surface area contributed by atoms with Crippen LogP contribution in [0.2, 0.25) is 5.02 Å². The van der Waals surface area contributed by atoms with Crippen molar-refractivity contribution in [3.63, 3.8) is 0 Å². The molecule has 0 radical (unpaired) electrons. The highest BCUT2D eigenvalue weighted by atomic mass is 35.5. The molecule has 1 saturated heterocycles. The van der Waals surface area contributed by atoms with Crippen LogP contribution in [0.1, 0.15) is 29.8 Å². The molecule has 8 heteroatoms. The molecular weight excluding hydrogens is 377 g/mol. The molecule has 0 saturated carbocycles. The largest absolute Gasteiger partial charge is 0.378 e. The van der Waals surface area contributed by atoms with Crippen LogP contribution in [0.5, 0.6) is 0 Å². The van der Waals surface area contributed by atoms with E-state index in [2.05, 4.69) is 5.16 Å². The molecule has 0 atom stereocenters. The molecule has 142 valence electrons. The third-order valence-electron chi connectivity index (χ3n) is 4.27. The van der Waals surface area contributed by atoms with Crippen LogP contribution in [0, 0.1) is 0 Å². The molecule has 26 heavy (non-hydrogen) atoms. The Labute approximate surface area is 164 Å². The molecule has 0 unspecified atom stereocenters. The van der Waals surface area contributed by atoms with E-state index in [1.54, 1.807) is 23.1 Å². The minimum Gasteiger partial charge on any atom is -0.378 e. The molecule has 3 rings (SSSR count). The number of ether oxygens (including phenoxy) is 1. The van der Waals surface area contributed by atoms with Crippen molar-refractivity contribution >= 4 is 29.9 Å². The maximum Gasteiger partial charge on any atom is 0.276 e. The molecular formula is C18H23Cl2N3O3. The SMILES string of the molecule is Cl.NCCCOC1CCN(C(=O)c2cc(-c3cccc(Cl)c3)on2)CC1. The predicted octanol–water partition coefficient (Wildman–Crippen LogP) is 3.39. The summed E-state index contributed by atoms with van der Waals surface area (Å²) in [5, 5.41) is 4.53. The maximum absolute atomic E-state index is 12.6. The molecule has 6 nitrogen and oxygen atoms in total. The number of rotatable bonds is 6. The molecule has 0 bridgehead atoms. The second-order valence-corrected chi connectivity index (χ2v) is 6.53. The van der Waals surface area contributed by atoms with Gasteiger partial charge in [-0.1, -0.05) is 28.9 Å². The van der Waals surface area contributed by atoms with E-state index >= 15 is 0 Å². The van der Waals surface area contributed by atoms with Crippen LogP contribution in [0.25, 0.3) is 11.3 Å². The first-order valence-corrected chi connectivity index (χ1v) is 8.89. The van der Waals surface area contributed by atoms with E-state index in [0.717, 1.165) is 24.8 Å². The van der Waals surface area contributed by atoms with Gasteiger partial charge in [-0.25, -0.2) is 0 Å². The van der Waals surface area contributed by atoms with Crippen LogP contribution in [0.15, 0.2) is 34.9 Å². The number of piperidine rings is 1. The van der Waals surface area contributed by atoms with Gasteiger partial charge in [0.15, 0.2) is 11.5 Å². The van der Waals surface area contributed by atoms with Crippen molar-refractivity contribution < 1.29 is 14.1 Å². The summed E-state index contributed by atoms with van der Waals surface area (Å²) in [6.07, 6.45) is 2.73. The highest BCUT2D eigenvalue weighted by Crippen LogP contribution is 2.24. The van der Waals surface area contributed by atoms with E-state index < -0.39 is 0 Å². The lowest BCUT2D eigenvalue weighted by Crippen LogP contribution is -2.41. The number of likely N-dealkylation sites (tertiary alicyclic amines) is 1. The number of aromatic nitrogens is 1. The first kappa shape index (κ1) is 20.7. The van der Waals surface area contributed by atoms with Gasteiger partial charge in [0.25, 0.3) is 5.91 Å². The number of hydrogen-bond acceptors (Lipinski definition) is 5. The van der Waals surface area contributed by atoms with Gasteiger partial charge in [0.2, 0.25) is 0 Å². The van der Waals surface area contributed by atoms with Crippen LogP contribution in [0.4, 0.5) is 0 Å². The monoisotopic (exact) mass is 399 g/mol. The van der Waals surface area contributed by atoms with E-state index in [1.165, 1.54) is 0 Å². The topological polar surface area (TPSA) is 81.6 Å².